The second-order valence-electron chi connectivity index (χ2n) is 5.12. The first kappa shape index (κ1) is 13.9. The Balaban J connectivity index is 1.89. The SMILES string of the molecule is CC(C)(C)OC(=O)NCC#Cc1cnc2[nH]ccc2n1. The number of amides is 1. The van der Waals surface area contributed by atoms with Crippen LogP contribution in [0.5, 0.6) is 0 Å². The zero-order valence-electron chi connectivity index (χ0n) is 11.7. The molecule has 0 aliphatic rings. The van der Waals surface area contributed by atoms with Gasteiger partial charge in [0.05, 0.1) is 12.7 Å². The number of nitrogens with one attached hydrogen (secondary N) is 2. The minimum atomic E-state index is -0.512. The minimum Gasteiger partial charge on any atom is -0.444 e. The van der Waals surface area contributed by atoms with E-state index in [-0.39, 0.29) is 6.54 Å². The number of alkyl carbamates (subject to hydrolysis) is 1. The van der Waals surface area contributed by atoms with Crippen molar-refractivity contribution >= 4 is 17.3 Å². The Hall–Kier alpha value is -2.55. The Morgan fingerprint density at radius 2 is 2.30 bits per heavy atom. The molecule has 0 spiro atoms. The fourth-order valence-electron chi connectivity index (χ4n) is 1.46. The third kappa shape index (κ3) is 3.99. The van der Waals surface area contributed by atoms with E-state index in [0.717, 1.165) is 11.2 Å². The zero-order valence-corrected chi connectivity index (χ0v) is 11.7. The lowest BCUT2D eigenvalue weighted by atomic mass is 10.2. The average Bonchev–Trinajstić information content (AvgIpc) is 2.79. The number of carbonyl (C=O) groups excluding carboxylic acids is 1. The number of nitrogens with zero attached hydrogens (tertiary/aromatic N) is 2. The number of aromatic nitrogens is 3. The normalized spacial score (nSPS) is 10.8. The van der Waals surface area contributed by atoms with Crippen LogP contribution in [0.2, 0.25) is 0 Å². The molecule has 6 nitrogen and oxygen atoms in total. The van der Waals surface area contributed by atoms with Crippen LogP contribution < -0.4 is 5.32 Å². The monoisotopic (exact) mass is 272 g/mol. The second kappa shape index (κ2) is 5.61. The zero-order chi connectivity index (χ0) is 14.6. The van der Waals surface area contributed by atoms with Gasteiger partial charge in [-0.05, 0) is 32.8 Å². The van der Waals surface area contributed by atoms with E-state index in [9.17, 15) is 4.79 Å². The molecule has 2 rings (SSSR count). The molecule has 0 saturated heterocycles. The quantitative estimate of drug-likeness (QED) is 0.776. The molecule has 0 atom stereocenters. The Kier molecular flexibility index (Phi) is 3.89. The summed E-state index contributed by atoms with van der Waals surface area (Å²) in [5.41, 5.74) is 1.53. The molecule has 0 unspecified atom stereocenters. The molecule has 0 aliphatic heterocycles. The van der Waals surface area contributed by atoms with Crippen LogP contribution >= 0.6 is 0 Å². The maximum Gasteiger partial charge on any atom is 0.408 e. The molecule has 2 aromatic rings. The molecule has 2 N–H and O–H groups in total. The summed E-state index contributed by atoms with van der Waals surface area (Å²) in [7, 11) is 0. The van der Waals surface area contributed by atoms with Crippen LogP contribution in [0.25, 0.3) is 11.2 Å². The molecule has 0 fully saturated rings. The molecular formula is C14H16N4O2. The van der Waals surface area contributed by atoms with Gasteiger partial charge in [-0.15, -0.1) is 0 Å². The van der Waals surface area contributed by atoms with Crippen molar-refractivity contribution in [2.45, 2.75) is 26.4 Å². The number of hydrogen-bond donors (Lipinski definition) is 2. The summed E-state index contributed by atoms with van der Waals surface area (Å²) in [6, 6.07) is 1.83. The van der Waals surface area contributed by atoms with E-state index in [4.69, 9.17) is 4.74 Å². The van der Waals surface area contributed by atoms with Gasteiger partial charge in [0.1, 0.15) is 16.8 Å². The highest BCUT2D eigenvalue weighted by molar-refractivity contribution is 5.70. The molecule has 0 bridgehead atoms. The number of ether oxygens (including phenoxy) is 1. The Labute approximate surface area is 117 Å². The summed E-state index contributed by atoms with van der Waals surface area (Å²) in [5.74, 6) is 5.64. The largest absolute Gasteiger partial charge is 0.444 e. The minimum absolute atomic E-state index is 0.196. The number of H-pyrrole nitrogens is 1. The molecule has 0 radical (unpaired) electrons. The van der Waals surface area contributed by atoms with E-state index in [0.29, 0.717) is 5.69 Å². The molecule has 2 aromatic heterocycles. The molecule has 1 amide bonds. The number of carbonyl (C=O) groups is 1. The Morgan fingerprint density at radius 1 is 1.50 bits per heavy atom. The number of hydrogen-bond acceptors (Lipinski definition) is 4. The topological polar surface area (TPSA) is 79.9 Å². The van der Waals surface area contributed by atoms with E-state index < -0.39 is 11.7 Å². The lowest BCUT2D eigenvalue weighted by Crippen LogP contribution is -2.32. The first-order chi connectivity index (χ1) is 9.44. The van der Waals surface area contributed by atoms with Gasteiger partial charge in [-0.1, -0.05) is 5.92 Å². The highest BCUT2D eigenvalue weighted by Gasteiger charge is 2.14. The van der Waals surface area contributed by atoms with E-state index in [1.165, 1.54) is 0 Å². The maximum absolute atomic E-state index is 11.4. The molecule has 2 heterocycles. The van der Waals surface area contributed by atoms with Gasteiger partial charge in [0, 0.05) is 6.20 Å². The van der Waals surface area contributed by atoms with Gasteiger partial charge in [-0.25, -0.2) is 14.8 Å². The average molecular weight is 272 g/mol. The van der Waals surface area contributed by atoms with Gasteiger partial charge in [0.2, 0.25) is 0 Å². The third-order valence-electron chi connectivity index (χ3n) is 2.20. The van der Waals surface area contributed by atoms with E-state index >= 15 is 0 Å². The smallest absolute Gasteiger partial charge is 0.408 e. The van der Waals surface area contributed by atoms with Crippen molar-refractivity contribution in [1.29, 1.82) is 0 Å². The maximum atomic E-state index is 11.4. The van der Waals surface area contributed by atoms with Crippen LogP contribution in [0.3, 0.4) is 0 Å². The van der Waals surface area contributed by atoms with Crippen molar-refractivity contribution in [3.05, 3.63) is 24.2 Å². The highest BCUT2D eigenvalue weighted by Crippen LogP contribution is 2.06. The summed E-state index contributed by atoms with van der Waals surface area (Å²) < 4.78 is 5.09. The van der Waals surface area contributed by atoms with Gasteiger partial charge in [0.25, 0.3) is 0 Å². The second-order valence-corrected chi connectivity index (χ2v) is 5.12. The molecule has 0 saturated carbocycles. The molecule has 0 aromatic carbocycles. The van der Waals surface area contributed by atoms with Crippen LogP contribution in [-0.4, -0.2) is 33.2 Å². The van der Waals surface area contributed by atoms with Gasteiger partial charge < -0.3 is 15.0 Å². The molecule has 0 aliphatic carbocycles. The van der Waals surface area contributed by atoms with Crippen LogP contribution in [-0.2, 0) is 4.74 Å². The summed E-state index contributed by atoms with van der Waals surface area (Å²) >= 11 is 0. The van der Waals surface area contributed by atoms with Gasteiger partial charge in [-0.3, -0.25) is 0 Å². The standard InChI is InChI=1S/C14H16N4O2/c1-14(2,3)20-13(19)16-7-4-5-10-9-17-12-11(18-10)6-8-15-12/h6,8-9H,7H2,1-3H3,(H,15,17)(H,16,19). The fraction of sp³-hybridized carbons (Fsp3) is 0.357. The predicted octanol–water partition coefficient (Wildman–Crippen LogP) is 1.83. The van der Waals surface area contributed by atoms with Crippen molar-refractivity contribution < 1.29 is 9.53 Å². The molecule has 20 heavy (non-hydrogen) atoms. The molecular weight excluding hydrogens is 256 g/mol. The summed E-state index contributed by atoms with van der Waals surface area (Å²) in [4.78, 5) is 22.8. The summed E-state index contributed by atoms with van der Waals surface area (Å²) in [6.07, 6.45) is 2.87. The Morgan fingerprint density at radius 3 is 3.05 bits per heavy atom. The number of fused-ring (bicyclic) bond motifs is 1. The number of rotatable bonds is 1. The van der Waals surface area contributed by atoms with Crippen LogP contribution in [0.4, 0.5) is 4.79 Å². The van der Waals surface area contributed by atoms with Crippen LogP contribution in [0.1, 0.15) is 26.5 Å². The molecule has 6 heteroatoms. The lowest BCUT2D eigenvalue weighted by molar-refractivity contribution is 0.0535. The highest BCUT2D eigenvalue weighted by atomic mass is 16.6. The van der Waals surface area contributed by atoms with Crippen molar-refractivity contribution in [2.24, 2.45) is 0 Å². The van der Waals surface area contributed by atoms with Crippen LogP contribution in [0.15, 0.2) is 18.5 Å². The van der Waals surface area contributed by atoms with Gasteiger partial charge >= 0.3 is 6.09 Å². The van der Waals surface area contributed by atoms with Crippen molar-refractivity contribution in [3.63, 3.8) is 0 Å². The van der Waals surface area contributed by atoms with E-state index in [1.54, 1.807) is 33.2 Å². The van der Waals surface area contributed by atoms with Gasteiger partial charge in [-0.2, -0.15) is 0 Å². The summed E-state index contributed by atoms with van der Waals surface area (Å²) in [6.45, 7) is 5.61. The Bertz CT molecular complexity index is 674. The lowest BCUT2D eigenvalue weighted by Gasteiger charge is -2.18. The summed E-state index contributed by atoms with van der Waals surface area (Å²) in [5, 5.41) is 2.55. The first-order valence-electron chi connectivity index (χ1n) is 6.20. The predicted molar refractivity (Wildman–Crippen MR) is 75.0 cm³/mol. The van der Waals surface area contributed by atoms with Crippen molar-refractivity contribution in [2.75, 3.05) is 6.54 Å². The molecule has 104 valence electrons. The third-order valence-corrected chi connectivity index (χ3v) is 2.20. The van der Waals surface area contributed by atoms with E-state index in [1.807, 2.05) is 6.07 Å². The van der Waals surface area contributed by atoms with E-state index in [2.05, 4.69) is 32.1 Å². The first-order valence-corrected chi connectivity index (χ1v) is 6.20. The van der Waals surface area contributed by atoms with Crippen molar-refractivity contribution in [1.82, 2.24) is 20.3 Å². The van der Waals surface area contributed by atoms with Crippen molar-refractivity contribution in [3.8, 4) is 11.8 Å². The van der Waals surface area contributed by atoms with Gasteiger partial charge in [0.15, 0.2) is 5.65 Å². The fourth-order valence-corrected chi connectivity index (χ4v) is 1.46. The van der Waals surface area contributed by atoms with Crippen LogP contribution in [0, 0.1) is 11.8 Å². The number of aromatic amines is 1.